The number of aliphatic hydroxyl groups is 1. The lowest BCUT2D eigenvalue weighted by atomic mass is 9.75. The Hall–Kier alpha value is -0.160. The van der Waals surface area contributed by atoms with Crippen molar-refractivity contribution in [1.82, 2.24) is 5.32 Å². The van der Waals surface area contributed by atoms with Crippen LogP contribution >= 0.6 is 0 Å². The minimum atomic E-state index is 0.0763. The molecule has 2 saturated heterocycles. The van der Waals surface area contributed by atoms with Crippen LogP contribution in [0.4, 0.5) is 0 Å². The summed E-state index contributed by atoms with van der Waals surface area (Å²) in [6.45, 7) is 2.99. The Kier molecular flexibility index (Phi) is 4.42. The zero-order valence-corrected chi connectivity index (χ0v) is 11.8. The molecule has 0 aromatic rings. The van der Waals surface area contributed by atoms with Gasteiger partial charge < -0.3 is 19.9 Å². The van der Waals surface area contributed by atoms with Crippen LogP contribution in [0.1, 0.15) is 44.9 Å². The topological polar surface area (TPSA) is 50.7 Å². The van der Waals surface area contributed by atoms with Crippen molar-refractivity contribution in [2.75, 3.05) is 26.4 Å². The quantitative estimate of drug-likeness (QED) is 0.811. The Balaban J connectivity index is 1.49. The molecule has 3 aliphatic rings. The van der Waals surface area contributed by atoms with Crippen LogP contribution in [-0.2, 0) is 9.47 Å². The summed E-state index contributed by atoms with van der Waals surface area (Å²) in [5.74, 6) is 0. The van der Waals surface area contributed by atoms with Gasteiger partial charge in [-0.1, -0.05) is 6.42 Å². The first-order valence-electron chi connectivity index (χ1n) is 7.90. The lowest BCUT2D eigenvalue weighted by Gasteiger charge is -2.39. The highest BCUT2D eigenvalue weighted by Crippen LogP contribution is 2.46. The Morgan fingerprint density at radius 3 is 2.58 bits per heavy atom. The molecule has 19 heavy (non-hydrogen) atoms. The maximum atomic E-state index is 9.10. The van der Waals surface area contributed by atoms with Gasteiger partial charge in [-0.3, -0.25) is 0 Å². The molecule has 2 N–H and O–H groups in total. The average Bonchev–Trinajstić information content (AvgIpc) is 3.05. The molecular weight excluding hydrogens is 242 g/mol. The standard InChI is InChI=1S/C15H27NO3/c17-11-13-4-3-12(19-13)10-16-14-2-1-5-15(14)6-8-18-9-7-15/h12-14,16-17H,1-11H2/t12-,13+,14-/m1/s1. The van der Waals surface area contributed by atoms with Gasteiger partial charge in [-0.15, -0.1) is 0 Å². The first kappa shape index (κ1) is 13.8. The van der Waals surface area contributed by atoms with Crippen LogP contribution in [0.5, 0.6) is 0 Å². The van der Waals surface area contributed by atoms with E-state index in [2.05, 4.69) is 5.32 Å². The highest BCUT2D eigenvalue weighted by atomic mass is 16.5. The zero-order chi connectivity index (χ0) is 13.1. The highest BCUT2D eigenvalue weighted by Gasteiger charge is 2.43. The number of hydrogen-bond acceptors (Lipinski definition) is 4. The second kappa shape index (κ2) is 6.08. The van der Waals surface area contributed by atoms with Crippen LogP contribution in [0.15, 0.2) is 0 Å². The second-order valence-electron chi connectivity index (χ2n) is 6.47. The van der Waals surface area contributed by atoms with E-state index in [1.165, 1.54) is 32.1 Å². The summed E-state index contributed by atoms with van der Waals surface area (Å²) in [5.41, 5.74) is 0.493. The van der Waals surface area contributed by atoms with Crippen LogP contribution in [0.3, 0.4) is 0 Å². The van der Waals surface area contributed by atoms with Crippen molar-refractivity contribution >= 4 is 0 Å². The molecule has 0 aromatic heterocycles. The summed E-state index contributed by atoms with van der Waals surface area (Å²) in [5, 5.41) is 12.9. The third-order valence-corrected chi connectivity index (χ3v) is 5.39. The highest BCUT2D eigenvalue weighted by molar-refractivity contribution is 4.98. The van der Waals surface area contributed by atoms with Gasteiger partial charge in [-0.25, -0.2) is 0 Å². The summed E-state index contributed by atoms with van der Waals surface area (Å²) < 4.78 is 11.3. The van der Waals surface area contributed by atoms with E-state index in [0.717, 1.165) is 32.6 Å². The molecule has 1 saturated carbocycles. The van der Waals surface area contributed by atoms with Crippen LogP contribution in [-0.4, -0.2) is 49.7 Å². The monoisotopic (exact) mass is 269 g/mol. The van der Waals surface area contributed by atoms with Crippen LogP contribution in [0.2, 0.25) is 0 Å². The van der Waals surface area contributed by atoms with Gasteiger partial charge in [0, 0.05) is 25.8 Å². The lowest BCUT2D eigenvalue weighted by Crippen LogP contribution is -2.47. The van der Waals surface area contributed by atoms with E-state index in [1.54, 1.807) is 0 Å². The van der Waals surface area contributed by atoms with Crippen molar-refractivity contribution in [1.29, 1.82) is 0 Å². The second-order valence-corrected chi connectivity index (χ2v) is 6.47. The van der Waals surface area contributed by atoms with Gasteiger partial charge in [0.1, 0.15) is 0 Å². The van der Waals surface area contributed by atoms with Gasteiger partial charge in [0.15, 0.2) is 0 Å². The van der Waals surface area contributed by atoms with Crippen molar-refractivity contribution in [3.63, 3.8) is 0 Å². The third kappa shape index (κ3) is 2.97. The molecule has 3 rings (SSSR count). The number of hydrogen-bond donors (Lipinski definition) is 2. The Labute approximate surface area is 115 Å². The molecule has 1 spiro atoms. The molecule has 0 radical (unpaired) electrons. The average molecular weight is 269 g/mol. The van der Waals surface area contributed by atoms with Gasteiger partial charge in [0.05, 0.1) is 18.8 Å². The van der Waals surface area contributed by atoms with Gasteiger partial charge in [0.25, 0.3) is 0 Å². The molecule has 2 aliphatic heterocycles. The number of nitrogens with one attached hydrogen (secondary N) is 1. The smallest absolute Gasteiger partial charge is 0.0811 e. The van der Waals surface area contributed by atoms with Crippen molar-refractivity contribution in [3.8, 4) is 0 Å². The Morgan fingerprint density at radius 1 is 1.05 bits per heavy atom. The minimum Gasteiger partial charge on any atom is -0.394 e. The van der Waals surface area contributed by atoms with E-state index >= 15 is 0 Å². The molecule has 1 aliphatic carbocycles. The van der Waals surface area contributed by atoms with Crippen LogP contribution in [0.25, 0.3) is 0 Å². The predicted octanol–water partition coefficient (Wildman–Crippen LogP) is 1.47. The fraction of sp³-hybridized carbons (Fsp3) is 1.00. The number of ether oxygens (including phenoxy) is 2. The maximum Gasteiger partial charge on any atom is 0.0811 e. The lowest BCUT2D eigenvalue weighted by molar-refractivity contribution is -0.00713. The predicted molar refractivity (Wildman–Crippen MR) is 73.1 cm³/mol. The SMILES string of the molecule is OC[C@@H]1CC[C@H](CN[C@@H]2CCCC23CCOCC3)O1. The summed E-state index contributed by atoms with van der Waals surface area (Å²) in [6, 6.07) is 0.646. The van der Waals surface area contributed by atoms with E-state index in [9.17, 15) is 0 Å². The normalized spacial score (nSPS) is 38.1. The van der Waals surface area contributed by atoms with E-state index in [-0.39, 0.29) is 12.7 Å². The van der Waals surface area contributed by atoms with E-state index in [4.69, 9.17) is 14.6 Å². The van der Waals surface area contributed by atoms with Crippen LogP contribution < -0.4 is 5.32 Å². The molecule has 4 nitrogen and oxygen atoms in total. The zero-order valence-electron chi connectivity index (χ0n) is 11.8. The largest absolute Gasteiger partial charge is 0.394 e. The third-order valence-electron chi connectivity index (χ3n) is 5.39. The van der Waals surface area contributed by atoms with Gasteiger partial charge >= 0.3 is 0 Å². The van der Waals surface area contributed by atoms with E-state index in [1.807, 2.05) is 0 Å². The van der Waals surface area contributed by atoms with E-state index < -0.39 is 0 Å². The molecule has 4 heteroatoms. The van der Waals surface area contributed by atoms with Crippen molar-refractivity contribution in [2.24, 2.45) is 5.41 Å². The number of rotatable bonds is 4. The molecule has 2 heterocycles. The van der Waals surface area contributed by atoms with E-state index in [0.29, 0.717) is 17.6 Å². The van der Waals surface area contributed by atoms with Gasteiger partial charge in [0.2, 0.25) is 0 Å². The Bertz CT molecular complexity index is 291. The molecular formula is C15H27NO3. The molecule has 0 bridgehead atoms. The molecule has 3 atom stereocenters. The molecule has 110 valence electrons. The van der Waals surface area contributed by atoms with Gasteiger partial charge in [-0.2, -0.15) is 0 Å². The molecule has 0 aromatic carbocycles. The first-order chi connectivity index (χ1) is 9.32. The van der Waals surface area contributed by atoms with Crippen molar-refractivity contribution in [3.05, 3.63) is 0 Å². The fourth-order valence-electron chi connectivity index (χ4n) is 4.17. The minimum absolute atomic E-state index is 0.0763. The summed E-state index contributed by atoms with van der Waals surface area (Å²) >= 11 is 0. The maximum absolute atomic E-state index is 9.10. The first-order valence-corrected chi connectivity index (χ1v) is 7.90. The van der Waals surface area contributed by atoms with Crippen molar-refractivity contribution in [2.45, 2.75) is 63.2 Å². The number of aliphatic hydroxyl groups excluding tert-OH is 1. The summed E-state index contributed by atoms with van der Waals surface area (Å²) in [7, 11) is 0. The summed E-state index contributed by atoms with van der Waals surface area (Å²) in [4.78, 5) is 0. The Morgan fingerprint density at radius 2 is 1.84 bits per heavy atom. The fourth-order valence-corrected chi connectivity index (χ4v) is 4.17. The van der Waals surface area contributed by atoms with Crippen molar-refractivity contribution < 1.29 is 14.6 Å². The van der Waals surface area contributed by atoms with Gasteiger partial charge in [-0.05, 0) is 43.9 Å². The summed E-state index contributed by atoms with van der Waals surface area (Å²) in [6.07, 6.45) is 8.91. The molecule has 3 fully saturated rings. The molecule has 0 unspecified atom stereocenters. The van der Waals surface area contributed by atoms with Crippen LogP contribution in [0, 0.1) is 5.41 Å². The molecule has 0 amide bonds.